The number of benzene rings is 2. The SMILES string of the molecule is CCCCCCC[n+]1ccc(-c2cc[n+](CCCCCCC)cc2)cc1.Fc1c(F)c(F)c([B]Cc2ccccc2)c(F)c1F. The second-order valence-electron chi connectivity index (χ2n) is 11.4. The maximum absolute atomic E-state index is 13.4. The average Bonchev–Trinajstić information content (AvgIpc) is 3.07. The molecule has 0 saturated carbocycles. The monoisotopic (exact) mass is 623 g/mol. The average molecular weight is 624 g/mol. The zero-order chi connectivity index (χ0) is 32.4. The minimum Gasteiger partial charge on any atom is -0.205 e. The van der Waals surface area contributed by atoms with Gasteiger partial charge in [0, 0.05) is 37.1 Å². The van der Waals surface area contributed by atoms with E-state index >= 15 is 0 Å². The fourth-order valence-electron chi connectivity index (χ4n) is 5.03. The van der Waals surface area contributed by atoms with E-state index in [-0.39, 0.29) is 6.32 Å². The molecule has 0 spiro atoms. The summed E-state index contributed by atoms with van der Waals surface area (Å²) in [5, 5.41) is 0. The predicted octanol–water partition coefficient (Wildman–Crippen LogP) is 8.78. The number of rotatable bonds is 16. The van der Waals surface area contributed by atoms with Crippen LogP contribution < -0.4 is 14.6 Å². The van der Waals surface area contributed by atoms with Crippen LogP contribution in [0.5, 0.6) is 0 Å². The third kappa shape index (κ3) is 11.7. The molecule has 0 saturated heterocycles. The number of hydrogen-bond acceptors (Lipinski definition) is 0. The van der Waals surface area contributed by atoms with Crippen molar-refractivity contribution in [2.75, 3.05) is 0 Å². The molecule has 2 heterocycles. The summed E-state index contributed by atoms with van der Waals surface area (Å²) in [5.41, 5.74) is 2.41. The second-order valence-corrected chi connectivity index (χ2v) is 11.4. The number of pyridine rings is 2. The van der Waals surface area contributed by atoms with Crippen LogP contribution in [0.4, 0.5) is 22.0 Å². The smallest absolute Gasteiger partial charge is 0.200 e. The van der Waals surface area contributed by atoms with Gasteiger partial charge in [-0.05, 0) is 35.8 Å². The molecule has 8 heteroatoms. The first kappa shape index (κ1) is 35.9. The van der Waals surface area contributed by atoms with Crippen LogP contribution in [0.3, 0.4) is 0 Å². The van der Waals surface area contributed by atoms with Crippen LogP contribution in [-0.2, 0) is 19.4 Å². The largest absolute Gasteiger partial charge is 0.205 e. The molecule has 0 unspecified atom stereocenters. The Morgan fingerprint density at radius 1 is 0.489 bits per heavy atom. The van der Waals surface area contributed by atoms with Crippen molar-refractivity contribution in [2.24, 2.45) is 0 Å². The van der Waals surface area contributed by atoms with E-state index in [1.165, 1.54) is 75.3 Å². The Morgan fingerprint density at radius 2 is 0.889 bits per heavy atom. The predicted molar refractivity (Wildman–Crippen MR) is 172 cm³/mol. The Hall–Kier alpha value is -3.55. The van der Waals surface area contributed by atoms with Crippen molar-refractivity contribution in [3.05, 3.63) is 114 Å². The summed E-state index contributed by atoms with van der Waals surface area (Å²) in [5.74, 6) is -9.64. The maximum atomic E-state index is 13.4. The fraction of sp³-hybridized carbons (Fsp3) is 0.405. The summed E-state index contributed by atoms with van der Waals surface area (Å²) < 4.78 is 70.0. The van der Waals surface area contributed by atoms with Crippen molar-refractivity contribution in [3.8, 4) is 11.1 Å². The molecular formula is C37H45BF5N2+2. The van der Waals surface area contributed by atoms with E-state index in [9.17, 15) is 22.0 Å². The highest BCUT2D eigenvalue weighted by Crippen LogP contribution is 2.17. The minimum absolute atomic E-state index is 0.0686. The summed E-state index contributed by atoms with van der Waals surface area (Å²) >= 11 is 0. The van der Waals surface area contributed by atoms with Gasteiger partial charge >= 0.3 is 0 Å². The molecule has 0 N–H and O–H groups in total. The summed E-state index contributed by atoms with van der Waals surface area (Å²) in [4.78, 5) is 0. The minimum atomic E-state index is -2.15. The van der Waals surface area contributed by atoms with Gasteiger partial charge in [0.15, 0.2) is 61.2 Å². The molecule has 45 heavy (non-hydrogen) atoms. The van der Waals surface area contributed by atoms with Crippen LogP contribution in [0.15, 0.2) is 79.4 Å². The topological polar surface area (TPSA) is 7.76 Å². The van der Waals surface area contributed by atoms with Crippen LogP contribution in [0.25, 0.3) is 11.1 Å². The van der Waals surface area contributed by atoms with Crippen molar-refractivity contribution in [1.82, 2.24) is 0 Å². The van der Waals surface area contributed by atoms with Crippen molar-refractivity contribution < 1.29 is 31.1 Å². The molecular weight excluding hydrogens is 578 g/mol. The molecule has 0 aliphatic heterocycles. The molecule has 0 aliphatic carbocycles. The number of unbranched alkanes of at least 4 members (excludes halogenated alkanes) is 8. The lowest BCUT2D eigenvalue weighted by atomic mass is 9.64. The standard InChI is InChI=1S/C24H38N2.C13H7BF5/c1-3-5-7-9-11-17-25-19-13-23(14-20-25)24-15-21-26(22-16-24)18-12-10-8-6-4-2;15-9-8(10(16)12(18)13(19)11(9)17)14-6-7-4-2-1-3-5-7/h13-16,19-22H,3-12,17-18H2,1-2H3;1-5H,6H2/q+2;. The van der Waals surface area contributed by atoms with Crippen LogP contribution >= 0.6 is 0 Å². The molecule has 0 fully saturated rings. The fourth-order valence-corrected chi connectivity index (χ4v) is 5.03. The maximum Gasteiger partial charge on any atom is 0.200 e. The Morgan fingerprint density at radius 3 is 1.31 bits per heavy atom. The third-order valence-corrected chi connectivity index (χ3v) is 7.78. The highest BCUT2D eigenvalue weighted by molar-refractivity contribution is 6.53. The van der Waals surface area contributed by atoms with Crippen molar-refractivity contribution >= 4 is 12.7 Å². The van der Waals surface area contributed by atoms with Gasteiger partial charge in [-0.1, -0.05) is 88.3 Å². The number of hydrogen-bond donors (Lipinski definition) is 0. The van der Waals surface area contributed by atoms with Gasteiger partial charge in [0.05, 0.1) is 0 Å². The lowest BCUT2D eigenvalue weighted by Gasteiger charge is -2.07. The van der Waals surface area contributed by atoms with Gasteiger partial charge in [-0.25, -0.2) is 31.1 Å². The van der Waals surface area contributed by atoms with Gasteiger partial charge in [0.25, 0.3) is 0 Å². The zero-order valence-electron chi connectivity index (χ0n) is 26.6. The molecule has 4 rings (SSSR count). The van der Waals surface area contributed by atoms with Crippen molar-refractivity contribution in [1.29, 1.82) is 0 Å². The van der Waals surface area contributed by atoms with Gasteiger partial charge in [0.1, 0.15) is 13.1 Å². The number of nitrogens with zero attached hydrogens (tertiary/aromatic N) is 2. The first-order valence-electron chi connectivity index (χ1n) is 16.2. The summed E-state index contributed by atoms with van der Waals surface area (Å²) in [6, 6.07) is 17.5. The molecule has 0 atom stereocenters. The summed E-state index contributed by atoms with van der Waals surface area (Å²) in [7, 11) is 0.978. The van der Waals surface area contributed by atoms with E-state index in [2.05, 4.69) is 72.0 Å². The van der Waals surface area contributed by atoms with Gasteiger partial charge in [-0.2, -0.15) is 0 Å². The Labute approximate surface area is 266 Å². The van der Waals surface area contributed by atoms with Crippen LogP contribution in [-0.4, -0.2) is 7.28 Å². The van der Waals surface area contributed by atoms with Crippen LogP contribution in [0.1, 0.15) is 83.6 Å². The van der Waals surface area contributed by atoms with Crippen molar-refractivity contribution in [3.63, 3.8) is 0 Å². The molecule has 1 radical (unpaired) electrons. The Kier molecular flexibility index (Phi) is 15.8. The van der Waals surface area contributed by atoms with Gasteiger partial charge in [0.2, 0.25) is 0 Å². The molecule has 2 nitrogen and oxygen atoms in total. The lowest BCUT2D eigenvalue weighted by Crippen LogP contribution is -2.33. The van der Waals surface area contributed by atoms with Gasteiger partial charge in [-0.15, -0.1) is 0 Å². The van der Waals surface area contributed by atoms with Crippen molar-refractivity contribution in [2.45, 2.75) is 97.5 Å². The molecule has 0 amide bonds. The van der Waals surface area contributed by atoms with E-state index in [0.717, 1.165) is 20.4 Å². The van der Waals surface area contributed by atoms with Crippen LogP contribution in [0.2, 0.25) is 0 Å². The summed E-state index contributed by atoms with van der Waals surface area (Å²) in [6.07, 6.45) is 22.4. The van der Waals surface area contributed by atoms with E-state index in [1.54, 1.807) is 30.3 Å². The summed E-state index contributed by atoms with van der Waals surface area (Å²) in [6.45, 7) is 6.81. The molecule has 0 aliphatic rings. The molecule has 0 bridgehead atoms. The zero-order valence-corrected chi connectivity index (χ0v) is 26.6. The quantitative estimate of drug-likeness (QED) is 0.0295. The highest BCUT2D eigenvalue weighted by Gasteiger charge is 2.25. The van der Waals surface area contributed by atoms with E-state index in [4.69, 9.17) is 0 Å². The normalized spacial score (nSPS) is 10.8. The lowest BCUT2D eigenvalue weighted by molar-refractivity contribution is -0.697. The molecule has 4 aromatic rings. The van der Waals surface area contributed by atoms with Gasteiger partial charge in [-0.3, -0.25) is 0 Å². The second kappa shape index (κ2) is 19.8. The van der Waals surface area contributed by atoms with E-state index in [0.29, 0.717) is 5.56 Å². The molecule has 239 valence electrons. The molecule has 2 aromatic heterocycles. The Balaban J connectivity index is 0.000000257. The van der Waals surface area contributed by atoms with E-state index < -0.39 is 34.5 Å². The number of aryl methyl sites for hydroxylation is 2. The first-order chi connectivity index (χ1) is 21.8. The third-order valence-electron chi connectivity index (χ3n) is 7.78. The van der Waals surface area contributed by atoms with Gasteiger partial charge < -0.3 is 0 Å². The first-order valence-corrected chi connectivity index (χ1v) is 16.2. The number of halogens is 5. The van der Waals surface area contributed by atoms with E-state index in [1.807, 2.05) is 0 Å². The van der Waals surface area contributed by atoms with Crippen LogP contribution in [0, 0.1) is 29.1 Å². The Bertz CT molecular complexity index is 1330. The molecule has 2 aromatic carbocycles. The highest BCUT2D eigenvalue weighted by atomic mass is 19.2. The number of aromatic nitrogens is 2.